The summed E-state index contributed by atoms with van der Waals surface area (Å²) in [4.78, 5) is 23.8. The topological polar surface area (TPSA) is 75.5 Å². The third-order valence-electron chi connectivity index (χ3n) is 4.41. The Morgan fingerprint density at radius 2 is 1.72 bits per heavy atom. The minimum atomic E-state index is -0.918. The van der Waals surface area contributed by atoms with E-state index in [2.05, 4.69) is 26.5 Å². The summed E-state index contributed by atoms with van der Waals surface area (Å²) in [6.07, 6.45) is 1.50. The minimum absolute atomic E-state index is 0.317. The first-order valence-electron chi connectivity index (χ1n) is 9.01. The number of nitrogens with zero attached hydrogens (tertiary/aromatic N) is 2. The molecule has 3 rings (SSSR count). The lowest BCUT2D eigenvalue weighted by Gasteiger charge is -2.10. The summed E-state index contributed by atoms with van der Waals surface area (Å²) in [7, 11) is 0. The van der Waals surface area contributed by atoms with Crippen molar-refractivity contribution in [2.45, 2.75) is 20.8 Å². The molecule has 0 saturated heterocycles. The third-order valence-corrected chi connectivity index (χ3v) is 4.41. The van der Waals surface area contributed by atoms with E-state index in [1.807, 2.05) is 45.0 Å². The Balaban J connectivity index is 1.67. The number of aromatic nitrogens is 1. The van der Waals surface area contributed by atoms with Crippen LogP contribution in [-0.4, -0.2) is 22.6 Å². The number of anilines is 1. The molecule has 1 aromatic heterocycles. The van der Waals surface area contributed by atoms with Crippen molar-refractivity contribution in [2.75, 3.05) is 5.32 Å². The van der Waals surface area contributed by atoms with Crippen LogP contribution in [0.3, 0.4) is 0 Å². The van der Waals surface area contributed by atoms with E-state index in [9.17, 15) is 14.0 Å². The fraction of sp³-hybridized carbons (Fsp3) is 0.136. The van der Waals surface area contributed by atoms with Gasteiger partial charge in [0.1, 0.15) is 5.82 Å². The minimum Gasteiger partial charge on any atom is -0.318 e. The van der Waals surface area contributed by atoms with E-state index in [-0.39, 0.29) is 0 Å². The first kappa shape index (κ1) is 20.0. The summed E-state index contributed by atoms with van der Waals surface area (Å²) in [5.41, 5.74) is 7.53. The van der Waals surface area contributed by atoms with Crippen molar-refractivity contribution in [1.29, 1.82) is 0 Å². The fourth-order valence-corrected chi connectivity index (χ4v) is 3.01. The summed E-state index contributed by atoms with van der Waals surface area (Å²) in [6, 6.07) is 15.2. The van der Waals surface area contributed by atoms with Crippen LogP contribution in [0.5, 0.6) is 0 Å². The van der Waals surface area contributed by atoms with E-state index in [0.29, 0.717) is 5.69 Å². The molecule has 0 fully saturated rings. The predicted octanol–water partition coefficient (Wildman–Crippen LogP) is 3.63. The van der Waals surface area contributed by atoms with Crippen molar-refractivity contribution < 1.29 is 14.0 Å². The Morgan fingerprint density at radius 3 is 2.41 bits per heavy atom. The third kappa shape index (κ3) is 4.76. The van der Waals surface area contributed by atoms with Crippen molar-refractivity contribution in [3.05, 3.63) is 82.9 Å². The zero-order chi connectivity index (χ0) is 21.0. The van der Waals surface area contributed by atoms with Crippen molar-refractivity contribution in [3.8, 4) is 5.69 Å². The van der Waals surface area contributed by atoms with Crippen LogP contribution in [0.1, 0.15) is 22.5 Å². The van der Waals surface area contributed by atoms with Gasteiger partial charge in [-0.25, -0.2) is 9.82 Å². The average molecular weight is 392 g/mol. The Labute approximate surface area is 168 Å². The highest BCUT2D eigenvalue weighted by molar-refractivity contribution is 6.39. The molecule has 6 nitrogen and oxygen atoms in total. The molecule has 0 aliphatic heterocycles. The van der Waals surface area contributed by atoms with E-state index in [4.69, 9.17) is 0 Å². The zero-order valence-electron chi connectivity index (χ0n) is 16.4. The summed E-state index contributed by atoms with van der Waals surface area (Å²) >= 11 is 0. The lowest BCUT2D eigenvalue weighted by atomic mass is 10.2. The molecular weight excluding hydrogens is 371 g/mol. The van der Waals surface area contributed by atoms with E-state index in [1.54, 1.807) is 0 Å². The number of carbonyl (C=O) groups is 2. The molecule has 0 spiro atoms. The maximum absolute atomic E-state index is 12.9. The molecule has 148 valence electrons. The first-order valence-corrected chi connectivity index (χ1v) is 9.01. The van der Waals surface area contributed by atoms with Gasteiger partial charge in [-0.2, -0.15) is 5.10 Å². The molecule has 29 heavy (non-hydrogen) atoms. The molecule has 1 heterocycles. The molecule has 0 bridgehead atoms. The standard InChI is InChI=1S/C22H21FN4O2/c1-14-5-4-6-20(11-14)27-15(2)12-17(16(27)3)13-24-26-22(29)21(28)25-19-9-7-18(23)8-10-19/h4-13H,1-3H3,(H,25,28)(H,26,29)/b24-13-. The monoisotopic (exact) mass is 392 g/mol. The molecule has 3 aromatic rings. The number of amides is 2. The maximum atomic E-state index is 12.9. The normalized spacial score (nSPS) is 10.9. The second-order valence-corrected chi connectivity index (χ2v) is 6.66. The van der Waals surface area contributed by atoms with Gasteiger partial charge in [0.05, 0.1) is 6.21 Å². The first-order chi connectivity index (χ1) is 13.8. The number of halogens is 1. The summed E-state index contributed by atoms with van der Waals surface area (Å²) in [5.74, 6) is -2.24. The summed E-state index contributed by atoms with van der Waals surface area (Å²) in [5, 5.41) is 6.26. The van der Waals surface area contributed by atoms with Crippen molar-refractivity contribution in [1.82, 2.24) is 9.99 Å². The summed E-state index contributed by atoms with van der Waals surface area (Å²) < 4.78 is 15.0. The van der Waals surface area contributed by atoms with Gasteiger partial charge >= 0.3 is 11.8 Å². The van der Waals surface area contributed by atoms with Gasteiger partial charge in [0.2, 0.25) is 0 Å². The van der Waals surface area contributed by atoms with Gasteiger partial charge in [0.25, 0.3) is 0 Å². The molecule has 0 aliphatic carbocycles. The van der Waals surface area contributed by atoms with Crippen LogP contribution in [-0.2, 0) is 9.59 Å². The highest BCUT2D eigenvalue weighted by Crippen LogP contribution is 2.20. The van der Waals surface area contributed by atoms with Gasteiger partial charge in [0, 0.05) is 28.3 Å². The average Bonchev–Trinajstić information content (AvgIpc) is 2.97. The van der Waals surface area contributed by atoms with E-state index in [1.165, 1.54) is 30.5 Å². The highest BCUT2D eigenvalue weighted by atomic mass is 19.1. The van der Waals surface area contributed by atoms with Crippen molar-refractivity contribution in [3.63, 3.8) is 0 Å². The van der Waals surface area contributed by atoms with Crippen molar-refractivity contribution in [2.24, 2.45) is 5.10 Å². The maximum Gasteiger partial charge on any atom is 0.329 e. The summed E-state index contributed by atoms with van der Waals surface area (Å²) in [6.45, 7) is 5.98. The molecule has 0 radical (unpaired) electrons. The molecule has 2 amide bonds. The van der Waals surface area contributed by atoms with E-state index < -0.39 is 17.6 Å². The van der Waals surface area contributed by atoms with Crippen LogP contribution in [0.2, 0.25) is 0 Å². The van der Waals surface area contributed by atoms with Crippen molar-refractivity contribution >= 4 is 23.7 Å². The van der Waals surface area contributed by atoms with E-state index >= 15 is 0 Å². The molecule has 0 unspecified atom stereocenters. The second kappa shape index (κ2) is 8.52. The molecule has 2 aromatic carbocycles. The lowest BCUT2D eigenvalue weighted by Crippen LogP contribution is -2.32. The van der Waals surface area contributed by atoms with Crippen LogP contribution < -0.4 is 10.7 Å². The Kier molecular flexibility index (Phi) is 5.87. The van der Waals surface area contributed by atoms with Crippen LogP contribution in [0.25, 0.3) is 5.69 Å². The number of hydrazone groups is 1. The highest BCUT2D eigenvalue weighted by Gasteiger charge is 2.13. The number of hydrogen-bond acceptors (Lipinski definition) is 3. The van der Waals surface area contributed by atoms with Gasteiger partial charge in [-0.05, 0) is 68.8 Å². The fourth-order valence-electron chi connectivity index (χ4n) is 3.01. The Morgan fingerprint density at radius 1 is 1.00 bits per heavy atom. The molecule has 0 atom stereocenters. The van der Waals surface area contributed by atoms with Crippen LogP contribution in [0.15, 0.2) is 59.7 Å². The Hall–Kier alpha value is -3.74. The molecule has 0 saturated carbocycles. The van der Waals surface area contributed by atoms with Gasteiger partial charge in [-0.1, -0.05) is 12.1 Å². The quantitative estimate of drug-likeness (QED) is 0.404. The second-order valence-electron chi connectivity index (χ2n) is 6.66. The number of rotatable bonds is 4. The SMILES string of the molecule is Cc1cccc(-n2c(C)cc(/C=N\NC(=O)C(=O)Nc3ccc(F)cc3)c2C)c1. The van der Waals surface area contributed by atoms with Gasteiger partial charge in [0.15, 0.2) is 0 Å². The predicted molar refractivity (Wildman–Crippen MR) is 111 cm³/mol. The molecule has 7 heteroatoms. The van der Waals surface area contributed by atoms with Gasteiger partial charge in [-0.15, -0.1) is 0 Å². The number of aryl methyl sites for hydroxylation is 2. The largest absolute Gasteiger partial charge is 0.329 e. The van der Waals surface area contributed by atoms with Crippen LogP contribution in [0.4, 0.5) is 10.1 Å². The van der Waals surface area contributed by atoms with Gasteiger partial charge < -0.3 is 9.88 Å². The number of nitrogens with one attached hydrogen (secondary N) is 2. The van der Waals surface area contributed by atoms with Crippen LogP contribution >= 0.6 is 0 Å². The molecular formula is C22H21FN4O2. The zero-order valence-corrected chi connectivity index (χ0v) is 16.4. The number of benzene rings is 2. The smallest absolute Gasteiger partial charge is 0.318 e. The van der Waals surface area contributed by atoms with Crippen LogP contribution in [0, 0.1) is 26.6 Å². The number of carbonyl (C=O) groups excluding carboxylic acids is 2. The van der Waals surface area contributed by atoms with Gasteiger partial charge in [-0.3, -0.25) is 9.59 Å². The Bertz CT molecular complexity index is 1080. The molecule has 0 aliphatic rings. The van der Waals surface area contributed by atoms with E-state index in [0.717, 1.165) is 28.2 Å². The number of hydrogen-bond donors (Lipinski definition) is 2. The molecule has 2 N–H and O–H groups in total. The lowest BCUT2D eigenvalue weighted by molar-refractivity contribution is -0.136.